The number of aryl methyl sites for hydroxylation is 2. The number of nitrogens with zero attached hydrogens (tertiary/aromatic N) is 8. The van der Waals surface area contributed by atoms with Crippen LogP contribution in [0.4, 0.5) is 17.3 Å². The summed E-state index contributed by atoms with van der Waals surface area (Å²) in [6.07, 6.45) is 7.65. The van der Waals surface area contributed by atoms with Crippen molar-refractivity contribution >= 4 is 46.1 Å². The van der Waals surface area contributed by atoms with E-state index < -0.39 is 17.6 Å². The molecule has 1 unspecified atom stereocenters. The van der Waals surface area contributed by atoms with E-state index in [4.69, 9.17) is 9.97 Å². The number of hydrogen-bond donors (Lipinski definition) is 3. The number of carbonyl (C=O) groups excluding carboxylic acids is 3. The van der Waals surface area contributed by atoms with Gasteiger partial charge in [-0.3, -0.25) is 29.4 Å². The van der Waals surface area contributed by atoms with Gasteiger partial charge in [-0.1, -0.05) is 37.3 Å². The lowest BCUT2D eigenvalue weighted by Gasteiger charge is -2.37. The molecule has 3 N–H and O–H groups in total. The van der Waals surface area contributed by atoms with E-state index in [0.717, 1.165) is 74.5 Å². The van der Waals surface area contributed by atoms with E-state index in [1.807, 2.05) is 43.3 Å². The van der Waals surface area contributed by atoms with Crippen LogP contribution in [0.1, 0.15) is 71.8 Å². The Bertz CT molecular complexity index is 2540. The first-order valence-electron chi connectivity index (χ1n) is 20.6. The van der Waals surface area contributed by atoms with Crippen molar-refractivity contribution in [1.29, 1.82) is 0 Å². The molecule has 1 aliphatic carbocycles. The molecule has 0 bridgehead atoms. The van der Waals surface area contributed by atoms with Gasteiger partial charge in [0.2, 0.25) is 17.8 Å². The Morgan fingerprint density at radius 3 is 2.58 bits per heavy atom. The van der Waals surface area contributed by atoms with Crippen molar-refractivity contribution in [1.82, 2.24) is 39.4 Å². The molecule has 2 atom stereocenters. The fourth-order valence-corrected chi connectivity index (χ4v) is 9.08. The van der Waals surface area contributed by atoms with E-state index in [2.05, 4.69) is 50.2 Å². The fraction of sp³-hybridized carbons (Fsp3) is 0.386. The third kappa shape index (κ3) is 7.07. The smallest absolute Gasteiger partial charge is 0.278 e. The quantitative estimate of drug-likeness (QED) is 0.123. The number of anilines is 3. The maximum Gasteiger partial charge on any atom is 0.278 e. The molecule has 2 fully saturated rings. The van der Waals surface area contributed by atoms with Crippen LogP contribution in [0.5, 0.6) is 0 Å². The number of pyridine rings is 1. The Morgan fingerprint density at radius 2 is 1.81 bits per heavy atom. The summed E-state index contributed by atoms with van der Waals surface area (Å²) in [7, 11) is 0. The second-order valence-corrected chi connectivity index (χ2v) is 15.9. The molecule has 0 spiro atoms. The number of rotatable bonds is 12. The molecular formula is C44H48N10O5. The number of allylic oxidation sites excluding steroid dienone is 1. The summed E-state index contributed by atoms with van der Waals surface area (Å²) in [5.74, 6) is 0.0194. The van der Waals surface area contributed by atoms with Crippen molar-refractivity contribution in [2.45, 2.75) is 76.6 Å². The predicted octanol–water partition coefficient (Wildman–Crippen LogP) is 3.97. The number of amides is 3. The number of aliphatic hydroxyl groups is 1. The van der Waals surface area contributed by atoms with Gasteiger partial charge in [-0.2, -0.15) is 4.98 Å². The van der Waals surface area contributed by atoms with Crippen molar-refractivity contribution in [3.8, 4) is 5.82 Å². The van der Waals surface area contributed by atoms with Gasteiger partial charge in [0.15, 0.2) is 11.5 Å². The summed E-state index contributed by atoms with van der Waals surface area (Å²) in [5, 5.41) is 17.3. The van der Waals surface area contributed by atoms with Crippen LogP contribution in [0, 0.1) is 0 Å². The van der Waals surface area contributed by atoms with Gasteiger partial charge in [0.1, 0.15) is 17.0 Å². The number of imide groups is 1. The molecule has 2 aromatic carbocycles. The average molecular weight is 797 g/mol. The Balaban J connectivity index is 0.810. The number of piperidine rings is 1. The lowest BCUT2D eigenvalue weighted by Crippen LogP contribution is -2.52. The molecule has 2 saturated heterocycles. The highest BCUT2D eigenvalue weighted by Crippen LogP contribution is 2.39. The van der Waals surface area contributed by atoms with Crippen LogP contribution >= 0.6 is 0 Å². The van der Waals surface area contributed by atoms with Gasteiger partial charge in [-0.15, -0.1) is 6.58 Å². The lowest BCUT2D eigenvalue weighted by atomic mass is 9.98. The van der Waals surface area contributed by atoms with Crippen LogP contribution in [0.25, 0.3) is 16.9 Å². The SMILES string of the molecule is C=CCn1c(=O)c2cnc(Nc3ccc(CCCN4CCN(c5cccc6c5CN(C5CCC(=O)NC5=O)C6=O)CC4)cc3)nc2n1-c1ccc2c(n1)[C@@](O)(CC)CC2. The molecule has 59 heavy (non-hydrogen) atoms. The minimum Gasteiger partial charge on any atom is -0.384 e. The maximum atomic E-state index is 13.5. The number of benzene rings is 2. The van der Waals surface area contributed by atoms with Crippen LogP contribution < -0.4 is 21.1 Å². The topological polar surface area (TPSA) is 171 Å². The molecular weight excluding hydrogens is 749 g/mol. The Labute approximate surface area is 341 Å². The van der Waals surface area contributed by atoms with Crippen LogP contribution in [-0.2, 0) is 41.1 Å². The van der Waals surface area contributed by atoms with Gasteiger partial charge >= 0.3 is 0 Å². The summed E-state index contributed by atoms with van der Waals surface area (Å²) in [4.78, 5) is 71.7. The standard InChI is InChI=1S/C44H48N10O5/c1-3-20-53-42(58)32-26-45-43(49-39(32)54(53)36-16-12-29-18-19-44(59,4-2)38(29)47-36)46-30-13-10-28(11-14-30)7-6-21-50-22-24-51(25-23-50)34-9-5-8-31-33(34)27-52(41(31)57)35-15-17-37(55)48-40(35)56/h3,5,8-14,16,26,35,59H,1,4,6-7,15,17-25,27H2,2H3,(H,45,46,49)(H,48,55,56)/t35?,44-/m1/s1. The van der Waals surface area contributed by atoms with Crippen LogP contribution in [0.15, 0.2) is 78.2 Å². The first-order chi connectivity index (χ1) is 28.6. The third-order valence-corrected chi connectivity index (χ3v) is 12.4. The molecule has 3 aliphatic heterocycles. The highest BCUT2D eigenvalue weighted by Gasteiger charge is 2.41. The normalized spacial score (nSPS) is 20.6. The van der Waals surface area contributed by atoms with Gasteiger partial charge in [0.25, 0.3) is 11.5 Å². The van der Waals surface area contributed by atoms with Crippen LogP contribution in [0.2, 0.25) is 0 Å². The summed E-state index contributed by atoms with van der Waals surface area (Å²) < 4.78 is 3.23. The highest BCUT2D eigenvalue weighted by molar-refractivity contribution is 6.06. The average Bonchev–Trinajstić information content (AvgIpc) is 3.86. The Morgan fingerprint density at radius 1 is 1.00 bits per heavy atom. The molecule has 15 heteroatoms. The zero-order chi connectivity index (χ0) is 40.8. The third-order valence-electron chi connectivity index (χ3n) is 12.4. The number of fused-ring (bicyclic) bond motifs is 3. The lowest BCUT2D eigenvalue weighted by molar-refractivity contribution is -0.136. The van der Waals surface area contributed by atoms with E-state index >= 15 is 0 Å². The maximum absolute atomic E-state index is 13.5. The van der Waals surface area contributed by atoms with Crippen LogP contribution in [-0.4, -0.2) is 95.7 Å². The number of hydrogen-bond acceptors (Lipinski definition) is 11. The molecule has 0 radical (unpaired) electrons. The molecule has 9 rings (SSSR count). The largest absolute Gasteiger partial charge is 0.384 e. The molecule has 3 aromatic heterocycles. The number of nitrogens with one attached hydrogen (secondary N) is 2. The minimum atomic E-state index is -0.997. The van der Waals surface area contributed by atoms with Gasteiger partial charge in [0.05, 0.1) is 12.2 Å². The van der Waals surface area contributed by atoms with E-state index in [9.17, 15) is 24.3 Å². The summed E-state index contributed by atoms with van der Waals surface area (Å²) in [6.45, 7) is 10.9. The van der Waals surface area contributed by atoms with Crippen molar-refractivity contribution in [2.24, 2.45) is 0 Å². The Kier molecular flexibility index (Phi) is 10.1. The minimum absolute atomic E-state index is 0.146. The van der Waals surface area contributed by atoms with E-state index in [-0.39, 0.29) is 30.3 Å². The monoisotopic (exact) mass is 796 g/mol. The van der Waals surface area contributed by atoms with Gasteiger partial charge in [0, 0.05) is 67.8 Å². The highest BCUT2D eigenvalue weighted by atomic mass is 16.3. The van der Waals surface area contributed by atoms with E-state index in [1.165, 1.54) is 16.4 Å². The van der Waals surface area contributed by atoms with Gasteiger partial charge in [-0.25, -0.2) is 19.3 Å². The summed E-state index contributed by atoms with van der Waals surface area (Å²) in [6, 6.07) is 17.3. The molecule has 4 aliphatic rings. The molecule has 6 heterocycles. The van der Waals surface area contributed by atoms with Gasteiger partial charge < -0.3 is 20.2 Å². The second-order valence-electron chi connectivity index (χ2n) is 15.9. The van der Waals surface area contributed by atoms with Crippen molar-refractivity contribution in [3.63, 3.8) is 0 Å². The first-order valence-corrected chi connectivity index (χ1v) is 20.6. The second kappa shape index (κ2) is 15.5. The first kappa shape index (κ1) is 38.3. The predicted molar refractivity (Wildman–Crippen MR) is 223 cm³/mol. The summed E-state index contributed by atoms with van der Waals surface area (Å²) >= 11 is 0. The van der Waals surface area contributed by atoms with Crippen molar-refractivity contribution in [2.75, 3.05) is 42.9 Å². The zero-order valence-corrected chi connectivity index (χ0v) is 33.2. The summed E-state index contributed by atoms with van der Waals surface area (Å²) in [5.41, 5.74) is 5.53. The number of piperazine rings is 1. The van der Waals surface area contributed by atoms with Gasteiger partial charge in [-0.05, 0) is 86.5 Å². The fourth-order valence-electron chi connectivity index (χ4n) is 9.08. The van der Waals surface area contributed by atoms with E-state index in [1.54, 1.807) is 15.7 Å². The molecule has 0 saturated carbocycles. The molecule has 304 valence electrons. The molecule has 15 nitrogen and oxygen atoms in total. The number of carbonyl (C=O) groups is 3. The molecule has 5 aromatic rings. The zero-order valence-electron chi connectivity index (χ0n) is 33.2. The van der Waals surface area contributed by atoms with E-state index in [0.29, 0.717) is 59.9 Å². The Hall–Kier alpha value is -6.19. The van der Waals surface area contributed by atoms with Crippen molar-refractivity contribution in [3.05, 3.63) is 112 Å². The molecule has 3 amide bonds. The number of aromatic nitrogens is 5. The van der Waals surface area contributed by atoms with Crippen LogP contribution in [0.3, 0.4) is 0 Å². The van der Waals surface area contributed by atoms with Crippen molar-refractivity contribution < 1.29 is 19.5 Å².